The lowest BCUT2D eigenvalue weighted by atomic mass is 9.94. The number of carbonyl (C=O) groups excluding carboxylic acids is 1. The Morgan fingerprint density at radius 1 is 1.47 bits per heavy atom. The normalized spacial score (nSPS) is 10.7. The van der Waals surface area contributed by atoms with E-state index >= 15 is 0 Å². The quantitative estimate of drug-likeness (QED) is 0.770. The van der Waals surface area contributed by atoms with Gasteiger partial charge in [0.2, 0.25) is 0 Å². The van der Waals surface area contributed by atoms with Crippen molar-refractivity contribution < 1.29 is 4.79 Å². The first-order valence-electron chi connectivity index (χ1n) is 5.30. The van der Waals surface area contributed by atoms with Crippen molar-refractivity contribution in [1.29, 1.82) is 0 Å². The molecule has 0 aliphatic heterocycles. The van der Waals surface area contributed by atoms with Gasteiger partial charge in [0.25, 0.3) is 0 Å². The van der Waals surface area contributed by atoms with Crippen LogP contribution in [0.15, 0.2) is 18.5 Å². The average molecular weight is 226 g/mol. The molecule has 0 aliphatic rings. The average Bonchev–Trinajstić information content (AvgIpc) is 2.23. The maximum absolute atomic E-state index is 11.8. The highest BCUT2D eigenvalue weighted by molar-refractivity contribution is 6.31. The van der Waals surface area contributed by atoms with E-state index in [1.54, 1.807) is 12.4 Å². The van der Waals surface area contributed by atoms with E-state index in [4.69, 9.17) is 11.6 Å². The third-order valence-electron chi connectivity index (χ3n) is 2.66. The van der Waals surface area contributed by atoms with E-state index in [2.05, 4.69) is 4.98 Å². The maximum atomic E-state index is 11.8. The molecular weight excluding hydrogens is 210 g/mol. The molecule has 0 unspecified atom stereocenters. The molecule has 0 aromatic carbocycles. The number of Topliss-reactive ketones (excluding diaryl/α,β-unsaturated/α-hetero) is 1. The van der Waals surface area contributed by atoms with Crippen LogP contribution in [0.4, 0.5) is 0 Å². The number of carbonyl (C=O) groups is 1. The summed E-state index contributed by atoms with van der Waals surface area (Å²) >= 11 is 5.94. The van der Waals surface area contributed by atoms with Crippen LogP contribution in [0.5, 0.6) is 0 Å². The number of hydrogen-bond donors (Lipinski definition) is 0. The molecule has 0 radical (unpaired) electrons. The van der Waals surface area contributed by atoms with Gasteiger partial charge in [0.15, 0.2) is 0 Å². The molecule has 1 aromatic heterocycles. The smallest absolute Gasteiger partial charge is 0.140 e. The monoisotopic (exact) mass is 225 g/mol. The third-order valence-corrected chi connectivity index (χ3v) is 3.00. The van der Waals surface area contributed by atoms with Crippen molar-refractivity contribution in [2.45, 2.75) is 33.1 Å². The summed E-state index contributed by atoms with van der Waals surface area (Å²) in [6.07, 6.45) is 5.47. The summed E-state index contributed by atoms with van der Waals surface area (Å²) in [6.45, 7) is 4.08. The molecule has 2 nitrogen and oxygen atoms in total. The van der Waals surface area contributed by atoms with E-state index in [1.165, 1.54) is 0 Å². The van der Waals surface area contributed by atoms with Gasteiger partial charge in [0, 0.05) is 24.7 Å². The molecule has 82 valence electrons. The van der Waals surface area contributed by atoms with Gasteiger partial charge in [-0.15, -0.1) is 0 Å². The highest BCUT2D eigenvalue weighted by Crippen LogP contribution is 2.18. The van der Waals surface area contributed by atoms with Crippen LogP contribution in [0.2, 0.25) is 5.02 Å². The number of ketones is 1. The molecular formula is C12H16ClNO. The van der Waals surface area contributed by atoms with Gasteiger partial charge >= 0.3 is 0 Å². The van der Waals surface area contributed by atoms with Crippen molar-refractivity contribution in [1.82, 2.24) is 4.98 Å². The zero-order valence-electron chi connectivity index (χ0n) is 9.16. The Labute approximate surface area is 95.7 Å². The van der Waals surface area contributed by atoms with Crippen molar-refractivity contribution in [2.24, 2.45) is 5.92 Å². The Bertz CT molecular complexity index is 334. The van der Waals surface area contributed by atoms with Crippen LogP contribution < -0.4 is 0 Å². The molecule has 0 fully saturated rings. The van der Waals surface area contributed by atoms with E-state index < -0.39 is 0 Å². The predicted octanol–water partition coefficient (Wildman–Crippen LogP) is 3.28. The minimum atomic E-state index is 0.161. The van der Waals surface area contributed by atoms with E-state index in [9.17, 15) is 4.79 Å². The van der Waals surface area contributed by atoms with Gasteiger partial charge in [-0.2, -0.15) is 0 Å². The number of nitrogens with zero attached hydrogens (tertiary/aromatic N) is 1. The summed E-state index contributed by atoms with van der Waals surface area (Å²) in [5.74, 6) is 0.433. The van der Waals surface area contributed by atoms with E-state index in [-0.39, 0.29) is 11.7 Å². The maximum Gasteiger partial charge on any atom is 0.140 e. The van der Waals surface area contributed by atoms with Crippen molar-refractivity contribution in [3.05, 3.63) is 29.0 Å². The molecule has 0 aliphatic carbocycles. The summed E-state index contributed by atoms with van der Waals surface area (Å²) in [7, 11) is 0. The van der Waals surface area contributed by atoms with Crippen molar-refractivity contribution in [2.75, 3.05) is 0 Å². The first-order valence-corrected chi connectivity index (χ1v) is 5.67. The fourth-order valence-electron chi connectivity index (χ4n) is 1.62. The number of rotatable bonds is 5. The predicted molar refractivity (Wildman–Crippen MR) is 62.0 cm³/mol. The Hall–Kier alpha value is -0.890. The van der Waals surface area contributed by atoms with Crippen molar-refractivity contribution in [3.63, 3.8) is 0 Å². The molecule has 15 heavy (non-hydrogen) atoms. The molecule has 3 heteroatoms. The number of pyridine rings is 1. The molecule has 0 saturated heterocycles. The van der Waals surface area contributed by atoms with Crippen LogP contribution in [-0.4, -0.2) is 10.8 Å². The second kappa shape index (κ2) is 5.86. The van der Waals surface area contributed by atoms with Gasteiger partial charge in [-0.05, 0) is 24.5 Å². The van der Waals surface area contributed by atoms with Crippen LogP contribution >= 0.6 is 11.6 Å². The summed E-state index contributed by atoms with van der Waals surface area (Å²) in [4.78, 5) is 15.7. The largest absolute Gasteiger partial charge is 0.299 e. The Kier molecular flexibility index (Phi) is 4.76. The van der Waals surface area contributed by atoms with Gasteiger partial charge in [-0.1, -0.05) is 25.4 Å². The highest BCUT2D eigenvalue weighted by atomic mass is 35.5. The fraction of sp³-hybridized carbons (Fsp3) is 0.500. The highest BCUT2D eigenvalue weighted by Gasteiger charge is 2.15. The molecule has 0 saturated carbocycles. The molecule has 0 bridgehead atoms. The zero-order valence-corrected chi connectivity index (χ0v) is 9.92. The van der Waals surface area contributed by atoms with E-state index in [0.29, 0.717) is 11.4 Å². The first kappa shape index (κ1) is 12.2. The number of aromatic nitrogens is 1. The Morgan fingerprint density at radius 2 is 2.13 bits per heavy atom. The SMILES string of the molecule is CCC(CC)C(=O)Cc1ccncc1Cl. The van der Waals surface area contributed by atoms with Crippen LogP contribution in [0.1, 0.15) is 32.3 Å². The molecule has 1 aromatic rings. The topological polar surface area (TPSA) is 30.0 Å². The van der Waals surface area contributed by atoms with Gasteiger partial charge < -0.3 is 0 Å². The molecule has 1 rings (SSSR count). The summed E-state index contributed by atoms with van der Waals surface area (Å²) in [5, 5.41) is 0.580. The molecule has 0 spiro atoms. The van der Waals surface area contributed by atoms with Gasteiger partial charge in [-0.25, -0.2) is 0 Å². The summed E-state index contributed by atoms with van der Waals surface area (Å²) in [5.41, 5.74) is 0.878. The first-order chi connectivity index (χ1) is 7.19. The lowest BCUT2D eigenvalue weighted by molar-refractivity contribution is -0.122. The fourth-order valence-corrected chi connectivity index (χ4v) is 1.81. The minimum Gasteiger partial charge on any atom is -0.299 e. The van der Waals surface area contributed by atoms with Gasteiger partial charge in [0.05, 0.1) is 5.02 Å². The number of halogens is 1. The van der Waals surface area contributed by atoms with Crippen LogP contribution in [0, 0.1) is 5.92 Å². The van der Waals surface area contributed by atoms with Crippen LogP contribution in [0.25, 0.3) is 0 Å². The molecule has 0 amide bonds. The molecule has 0 N–H and O–H groups in total. The van der Waals surface area contributed by atoms with Gasteiger partial charge in [0.1, 0.15) is 5.78 Å². The second-order valence-electron chi connectivity index (χ2n) is 3.62. The number of hydrogen-bond acceptors (Lipinski definition) is 2. The molecule has 1 heterocycles. The second-order valence-corrected chi connectivity index (χ2v) is 4.03. The van der Waals surface area contributed by atoms with Gasteiger partial charge in [-0.3, -0.25) is 9.78 Å². The standard InChI is InChI=1S/C12H16ClNO/c1-3-9(4-2)12(15)7-10-5-6-14-8-11(10)13/h5-6,8-9H,3-4,7H2,1-2H3. The molecule has 0 atom stereocenters. The van der Waals surface area contributed by atoms with Crippen LogP contribution in [-0.2, 0) is 11.2 Å². The zero-order chi connectivity index (χ0) is 11.3. The van der Waals surface area contributed by atoms with E-state index in [0.717, 1.165) is 18.4 Å². The lowest BCUT2D eigenvalue weighted by Crippen LogP contribution is -2.15. The van der Waals surface area contributed by atoms with Crippen molar-refractivity contribution >= 4 is 17.4 Å². The Balaban J connectivity index is 2.70. The van der Waals surface area contributed by atoms with Crippen molar-refractivity contribution in [3.8, 4) is 0 Å². The Morgan fingerprint density at radius 3 is 2.67 bits per heavy atom. The lowest BCUT2D eigenvalue weighted by Gasteiger charge is -2.11. The minimum absolute atomic E-state index is 0.161. The van der Waals surface area contributed by atoms with E-state index in [1.807, 2.05) is 19.9 Å². The summed E-state index contributed by atoms with van der Waals surface area (Å²) in [6, 6.07) is 1.81. The summed E-state index contributed by atoms with van der Waals surface area (Å²) < 4.78 is 0. The van der Waals surface area contributed by atoms with Crippen LogP contribution in [0.3, 0.4) is 0 Å². The third kappa shape index (κ3) is 3.31.